The number of benzene rings is 1. The highest BCUT2D eigenvalue weighted by atomic mass is 16.3. The van der Waals surface area contributed by atoms with E-state index in [1.165, 1.54) is 0 Å². The Labute approximate surface area is 53.6 Å². The first kappa shape index (κ1) is 5.89. The van der Waals surface area contributed by atoms with Crippen molar-refractivity contribution in [3.05, 3.63) is 28.6 Å². The zero-order valence-electron chi connectivity index (χ0n) is 5.09. The maximum absolute atomic E-state index is 8.87. The second-order valence-corrected chi connectivity index (χ2v) is 1.95. The van der Waals surface area contributed by atoms with Gasteiger partial charge in [-0.1, -0.05) is 19.2 Å². The molecule has 1 aromatic carbocycles. The van der Waals surface area contributed by atoms with Crippen LogP contribution in [0.25, 0.3) is 13.2 Å². The van der Waals surface area contributed by atoms with E-state index in [2.05, 4.69) is 13.2 Å². The van der Waals surface area contributed by atoms with Gasteiger partial charge in [0.25, 0.3) is 0 Å². The first-order chi connectivity index (χ1) is 4.20. The number of hydrogen-bond donors (Lipinski definition) is 1. The van der Waals surface area contributed by atoms with Crippen molar-refractivity contribution in [2.45, 2.75) is 0 Å². The van der Waals surface area contributed by atoms with E-state index in [0.717, 1.165) is 10.4 Å². The van der Waals surface area contributed by atoms with Crippen molar-refractivity contribution in [1.29, 1.82) is 0 Å². The van der Waals surface area contributed by atoms with Crippen LogP contribution in [0.3, 0.4) is 0 Å². The van der Waals surface area contributed by atoms with Gasteiger partial charge in [-0.05, 0) is 22.6 Å². The Bertz CT molecular complexity index is 301. The van der Waals surface area contributed by atoms with E-state index >= 15 is 0 Å². The van der Waals surface area contributed by atoms with Gasteiger partial charge in [0, 0.05) is 0 Å². The van der Waals surface area contributed by atoms with Crippen LogP contribution in [-0.4, -0.2) is 5.11 Å². The minimum absolute atomic E-state index is 0.243. The summed E-state index contributed by atoms with van der Waals surface area (Å²) in [6.45, 7) is 7.35. The number of phenolic OH excluding ortho intramolecular Hbond substituents is 1. The standard InChI is InChI=1S/C8H8O/c1-6-3-4-8(9)5-7(6)2/h3-5,9H,1-2H2. The first-order valence-corrected chi connectivity index (χ1v) is 2.67. The zero-order chi connectivity index (χ0) is 6.85. The summed E-state index contributed by atoms with van der Waals surface area (Å²) >= 11 is 0. The van der Waals surface area contributed by atoms with E-state index in [1.54, 1.807) is 18.2 Å². The molecule has 0 spiro atoms. The summed E-state index contributed by atoms with van der Waals surface area (Å²) in [6.07, 6.45) is 0. The van der Waals surface area contributed by atoms with Crippen LogP contribution in [0, 0.1) is 0 Å². The van der Waals surface area contributed by atoms with E-state index in [9.17, 15) is 0 Å². The fourth-order valence-electron chi connectivity index (χ4n) is 0.612. The summed E-state index contributed by atoms with van der Waals surface area (Å²) in [7, 11) is 0. The van der Waals surface area contributed by atoms with Crippen LogP contribution in [-0.2, 0) is 0 Å². The molecule has 1 aromatic rings. The summed E-state index contributed by atoms with van der Waals surface area (Å²) in [6, 6.07) is 4.91. The first-order valence-electron chi connectivity index (χ1n) is 2.67. The van der Waals surface area contributed by atoms with Gasteiger partial charge in [0.2, 0.25) is 0 Å². The number of phenols is 1. The van der Waals surface area contributed by atoms with Gasteiger partial charge in [-0.15, -0.1) is 0 Å². The minimum Gasteiger partial charge on any atom is -0.508 e. The average molecular weight is 120 g/mol. The highest BCUT2D eigenvalue weighted by molar-refractivity contribution is 5.25. The maximum atomic E-state index is 8.87. The molecule has 0 amide bonds. The number of rotatable bonds is 0. The largest absolute Gasteiger partial charge is 0.508 e. The van der Waals surface area contributed by atoms with Crippen molar-refractivity contribution in [3.63, 3.8) is 0 Å². The number of aromatic hydroxyl groups is 1. The van der Waals surface area contributed by atoms with Crippen LogP contribution in [0.15, 0.2) is 18.2 Å². The molecule has 0 fully saturated rings. The molecule has 0 unspecified atom stereocenters. The molecule has 0 saturated carbocycles. The van der Waals surface area contributed by atoms with Crippen LogP contribution < -0.4 is 10.4 Å². The molecule has 1 rings (SSSR count). The molecule has 46 valence electrons. The van der Waals surface area contributed by atoms with Gasteiger partial charge in [-0.2, -0.15) is 0 Å². The lowest BCUT2D eigenvalue weighted by Gasteiger charge is -1.87. The molecule has 0 bridgehead atoms. The topological polar surface area (TPSA) is 20.2 Å². The molecule has 0 saturated heterocycles. The molecule has 0 aliphatic heterocycles. The molecule has 1 heteroatoms. The minimum atomic E-state index is 0.243. The smallest absolute Gasteiger partial charge is 0.116 e. The number of hydrogen-bond acceptors (Lipinski definition) is 1. The van der Waals surface area contributed by atoms with Gasteiger partial charge in [0.15, 0.2) is 0 Å². The molecule has 0 aromatic heterocycles. The Hall–Kier alpha value is -1.24. The maximum Gasteiger partial charge on any atom is 0.116 e. The fraction of sp³-hybridized carbons (Fsp3) is 0. The summed E-state index contributed by atoms with van der Waals surface area (Å²) in [5, 5.41) is 10.5. The average Bonchev–Trinajstić information content (AvgIpc) is 1.80. The van der Waals surface area contributed by atoms with Crippen molar-refractivity contribution in [2.75, 3.05) is 0 Å². The molecule has 9 heavy (non-hydrogen) atoms. The Balaban J connectivity index is 3.53. The third-order valence-electron chi connectivity index (χ3n) is 1.19. The van der Waals surface area contributed by atoms with Crippen LogP contribution in [0.4, 0.5) is 0 Å². The summed E-state index contributed by atoms with van der Waals surface area (Å²) in [4.78, 5) is 0. The third kappa shape index (κ3) is 1.11. The summed E-state index contributed by atoms with van der Waals surface area (Å²) < 4.78 is 0. The van der Waals surface area contributed by atoms with Crippen molar-refractivity contribution in [3.8, 4) is 5.75 Å². The van der Waals surface area contributed by atoms with Gasteiger partial charge >= 0.3 is 0 Å². The monoisotopic (exact) mass is 120 g/mol. The molecule has 1 nitrogen and oxygen atoms in total. The van der Waals surface area contributed by atoms with Crippen molar-refractivity contribution < 1.29 is 5.11 Å². The molecule has 0 aliphatic rings. The van der Waals surface area contributed by atoms with E-state index in [-0.39, 0.29) is 5.75 Å². The zero-order valence-corrected chi connectivity index (χ0v) is 5.09. The van der Waals surface area contributed by atoms with E-state index < -0.39 is 0 Å². The van der Waals surface area contributed by atoms with Gasteiger partial charge in [-0.25, -0.2) is 0 Å². The van der Waals surface area contributed by atoms with Gasteiger partial charge in [0.05, 0.1) is 0 Å². The van der Waals surface area contributed by atoms with Crippen LogP contribution in [0.1, 0.15) is 0 Å². The van der Waals surface area contributed by atoms with E-state index in [0.29, 0.717) is 0 Å². The van der Waals surface area contributed by atoms with E-state index in [1.807, 2.05) is 0 Å². The highest BCUT2D eigenvalue weighted by Crippen LogP contribution is 1.96. The Morgan fingerprint density at radius 3 is 2.22 bits per heavy atom. The van der Waals surface area contributed by atoms with Crippen molar-refractivity contribution in [1.82, 2.24) is 0 Å². The normalized spacial score (nSPS) is 9.33. The highest BCUT2D eigenvalue weighted by Gasteiger charge is 1.82. The van der Waals surface area contributed by atoms with Crippen LogP contribution in [0.5, 0.6) is 5.75 Å². The van der Waals surface area contributed by atoms with Gasteiger partial charge in [-0.3, -0.25) is 0 Å². The summed E-state index contributed by atoms with van der Waals surface area (Å²) in [5.74, 6) is 0.243. The quantitative estimate of drug-likeness (QED) is 0.519. The van der Waals surface area contributed by atoms with Crippen LogP contribution in [0.2, 0.25) is 0 Å². The second-order valence-electron chi connectivity index (χ2n) is 1.95. The molecular weight excluding hydrogens is 112 g/mol. The lowest BCUT2D eigenvalue weighted by atomic mass is 10.2. The van der Waals surface area contributed by atoms with E-state index in [4.69, 9.17) is 5.11 Å². The van der Waals surface area contributed by atoms with Crippen molar-refractivity contribution in [2.24, 2.45) is 0 Å². The molecule has 0 heterocycles. The summed E-state index contributed by atoms with van der Waals surface area (Å²) in [5.41, 5.74) is 0. The lowest BCUT2D eigenvalue weighted by molar-refractivity contribution is 0.474. The molecule has 0 atom stereocenters. The van der Waals surface area contributed by atoms with Crippen LogP contribution >= 0.6 is 0 Å². The Morgan fingerprint density at radius 2 is 1.78 bits per heavy atom. The fourth-order valence-corrected chi connectivity index (χ4v) is 0.612. The predicted octanol–water partition coefficient (Wildman–Crippen LogP) is 0.213. The molecular formula is C8H8O. The molecule has 0 aliphatic carbocycles. The third-order valence-corrected chi connectivity index (χ3v) is 1.19. The Morgan fingerprint density at radius 1 is 1.11 bits per heavy atom. The SMILES string of the molecule is C=c1ccc(O)cc1=C. The Kier molecular flexibility index (Phi) is 1.27. The molecule has 0 radical (unpaired) electrons. The predicted molar refractivity (Wildman–Crippen MR) is 38.4 cm³/mol. The molecule has 1 N–H and O–H groups in total. The van der Waals surface area contributed by atoms with Gasteiger partial charge in [0.1, 0.15) is 5.75 Å². The van der Waals surface area contributed by atoms with Crippen molar-refractivity contribution >= 4 is 13.2 Å². The second kappa shape index (κ2) is 1.94. The lowest BCUT2D eigenvalue weighted by Crippen LogP contribution is -2.19. The van der Waals surface area contributed by atoms with Gasteiger partial charge < -0.3 is 5.11 Å².